The van der Waals surface area contributed by atoms with Gasteiger partial charge in [0.25, 0.3) is 0 Å². The van der Waals surface area contributed by atoms with E-state index in [0.717, 1.165) is 16.5 Å². The number of amides is 3. The minimum atomic E-state index is -1.18. The number of H-pyrrole nitrogens is 1. The number of carboxylic acid groups (broad SMARTS) is 1. The fourth-order valence-corrected chi connectivity index (χ4v) is 5.06. The van der Waals surface area contributed by atoms with Crippen LogP contribution in [-0.2, 0) is 25.6 Å². The lowest BCUT2D eigenvalue weighted by atomic mass is 9.96. The summed E-state index contributed by atoms with van der Waals surface area (Å²) in [7, 11) is 0. The molecule has 5 atom stereocenters. The standard InChI is InChI=1S/C28H41N5O5/c1-5-17(4)24(32-25(34)23-11-8-12-33(23)27(36)20(29)13-16(2)3)26(35)31-22(28(37)38)14-18-15-30-21-10-7-6-9-19(18)21/h6-7,9-10,15-17,20,22-24,30H,5,8,11-14,29H2,1-4H3,(H,31,35)(H,32,34)(H,37,38). The Kier molecular flexibility index (Phi) is 9.90. The van der Waals surface area contributed by atoms with Crippen LogP contribution in [0.2, 0.25) is 0 Å². The van der Waals surface area contributed by atoms with E-state index in [0.29, 0.717) is 32.2 Å². The largest absolute Gasteiger partial charge is 0.480 e. The SMILES string of the molecule is CCC(C)C(NC(=O)C1CCCN1C(=O)C(N)CC(C)C)C(=O)NC(Cc1c[nH]c2ccccc12)C(=O)O. The van der Waals surface area contributed by atoms with Gasteiger partial charge in [0.15, 0.2) is 0 Å². The predicted octanol–water partition coefficient (Wildman–Crippen LogP) is 2.18. The summed E-state index contributed by atoms with van der Waals surface area (Å²) in [6.07, 6.45) is 4.10. The molecule has 1 aliphatic rings. The lowest BCUT2D eigenvalue weighted by molar-refractivity contribution is -0.143. The van der Waals surface area contributed by atoms with Crippen molar-refractivity contribution in [2.45, 2.75) is 84.0 Å². The molecule has 1 saturated heterocycles. The van der Waals surface area contributed by atoms with Gasteiger partial charge in [0.05, 0.1) is 6.04 Å². The zero-order chi connectivity index (χ0) is 28.0. The van der Waals surface area contributed by atoms with Gasteiger partial charge in [-0.15, -0.1) is 0 Å². The van der Waals surface area contributed by atoms with Gasteiger partial charge in [-0.3, -0.25) is 14.4 Å². The normalized spacial score (nSPS) is 18.7. The monoisotopic (exact) mass is 527 g/mol. The first-order valence-corrected chi connectivity index (χ1v) is 13.5. The molecule has 0 radical (unpaired) electrons. The number of likely N-dealkylation sites (tertiary alicyclic amines) is 1. The third-order valence-electron chi connectivity index (χ3n) is 7.39. The van der Waals surface area contributed by atoms with Gasteiger partial charge in [0.1, 0.15) is 18.1 Å². The van der Waals surface area contributed by atoms with Crippen LogP contribution in [0.1, 0.15) is 58.9 Å². The van der Waals surface area contributed by atoms with E-state index < -0.39 is 42.0 Å². The molecule has 1 aromatic heterocycles. The Morgan fingerprint density at radius 3 is 2.53 bits per heavy atom. The summed E-state index contributed by atoms with van der Waals surface area (Å²) in [5.74, 6) is -2.41. The maximum absolute atomic E-state index is 13.3. The van der Waals surface area contributed by atoms with Gasteiger partial charge in [0, 0.05) is 30.1 Å². The summed E-state index contributed by atoms with van der Waals surface area (Å²) in [6.45, 7) is 8.14. The number of carboxylic acids is 1. The highest BCUT2D eigenvalue weighted by molar-refractivity contribution is 5.94. The van der Waals surface area contributed by atoms with E-state index >= 15 is 0 Å². The number of nitrogens with two attached hydrogens (primary N) is 1. The summed E-state index contributed by atoms with van der Waals surface area (Å²) in [4.78, 5) is 56.3. The number of hydrogen-bond acceptors (Lipinski definition) is 5. The first-order chi connectivity index (χ1) is 18.0. The Labute approximate surface area is 223 Å². The molecule has 0 aliphatic carbocycles. The molecule has 5 unspecified atom stereocenters. The van der Waals surface area contributed by atoms with Crippen LogP contribution in [0.3, 0.4) is 0 Å². The Hall–Kier alpha value is -3.40. The topological polar surface area (TPSA) is 158 Å². The summed E-state index contributed by atoms with van der Waals surface area (Å²) in [6, 6.07) is 4.04. The Morgan fingerprint density at radius 1 is 1.16 bits per heavy atom. The fourth-order valence-electron chi connectivity index (χ4n) is 5.06. The third-order valence-corrected chi connectivity index (χ3v) is 7.39. The number of aromatic amines is 1. The molecule has 1 fully saturated rings. The van der Waals surface area contributed by atoms with Crippen molar-refractivity contribution in [3.05, 3.63) is 36.0 Å². The number of nitrogens with zero attached hydrogens (tertiary/aromatic N) is 1. The molecular formula is C28H41N5O5. The second kappa shape index (κ2) is 12.9. The molecule has 10 heteroatoms. The van der Waals surface area contributed by atoms with Crippen molar-refractivity contribution in [1.82, 2.24) is 20.5 Å². The van der Waals surface area contributed by atoms with Crippen molar-refractivity contribution in [2.24, 2.45) is 17.6 Å². The molecule has 1 aliphatic heterocycles. The van der Waals surface area contributed by atoms with Crippen LogP contribution in [0.15, 0.2) is 30.5 Å². The molecule has 0 spiro atoms. The minimum absolute atomic E-state index is 0.0882. The molecule has 0 bridgehead atoms. The smallest absolute Gasteiger partial charge is 0.326 e. The molecule has 3 rings (SSSR count). The van der Waals surface area contributed by atoms with Crippen molar-refractivity contribution in [3.63, 3.8) is 0 Å². The number of nitrogens with one attached hydrogen (secondary N) is 3. The molecule has 2 heterocycles. The maximum atomic E-state index is 13.3. The van der Waals surface area contributed by atoms with Crippen molar-refractivity contribution >= 4 is 34.6 Å². The molecule has 0 saturated carbocycles. The average Bonchev–Trinajstić information content (AvgIpc) is 3.53. The third kappa shape index (κ3) is 6.92. The molecule has 10 nitrogen and oxygen atoms in total. The van der Waals surface area contributed by atoms with Gasteiger partial charge in [-0.25, -0.2) is 4.79 Å². The Morgan fingerprint density at radius 2 is 1.87 bits per heavy atom. The van der Waals surface area contributed by atoms with Gasteiger partial charge in [-0.05, 0) is 42.7 Å². The molecule has 38 heavy (non-hydrogen) atoms. The molecular weight excluding hydrogens is 486 g/mol. The van der Waals surface area contributed by atoms with Crippen molar-refractivity contribution in [3.8, 4) is 0 Å². The van der Waals surface area contributed by atoms with Crippen LogP contribution in [0, 0.1) is 11.8 Å². The van der Waals surface area contributed by atoms with Crippen LogP contribution in [0.5, 0.6) is 0 Å². The number of aromatic nitrogens is 1. The second-order valence-corrected chi connectivity index (χ2v) is 10.8. The summed E-state index contributed by atoms with van der Waals surface area (Å²) in [5.41, 5.74) is 7.76. The van der Waals surface area contributed by atoms with Crippen molar-refractivity contribution < 1.29 is 24.3 Å². The molecule has 2 aromatic rings. The fraction of sp³-hybridized carbons (Fsp3) is 0.571. The van der Waals surface area contributed by atoms with Crippen molar-refractivity contribution in [2.75, 3.05) is 6.54 Å². The maximum Gasteiger partial charge on any atom is 0.326 e. The van der Waals surface area contributed by atoms with E-state index in [2.05, 4.69) is 15.6 Å². The van der Waals surface area contributed by atoms with Gasteiger partial charge in [0.2, 0.25) is 17.7 Å². The van der Waals surface area contributed by atoms with Crippen LogP contribution in [0.25, 0.3) is 10.9 Å². The van der Waals surface area contributed by atoms with Gasteiger partial charge in [-0.2, -0.15) is 0 Å². The van der Waals surface area contributed by atoms with E-state index in [1.165, 1.54) is 4.90 Å². The Bertz CT molecular complexity index is 1150. The predicted molar refractivity (Wildman–Crippen MR) is 145 cm³/mol. The van der Waals surface area contributed by atoms with Gasteiger partial charge in [-0.1, -0.05) is 52.3 Å². The number of carbonyl (C=O) groups is 4. The van der Waals surface area contributed by atoms with Gasteiger partial charge >= 0.3 is 5.97 Å². The molecule has 6 N–H and O–H groups in total. The van der Waals surface area contributed by atoms with E-state index in [4.69, 9.17) is 5.73 Å². The number of benzene rings is 1. The number of carbonyl (C=O) groups excluding carboxylic acids is 3. The number of para-hydroxylation sites is 1. The number of fused-ring (bicyclic) bond motifs is 1. The zero-order valence-electron chi connectivity index (χ0n) is 22.7. The van der Waals surface area contributed by atoms with E-state index in [9.17, 15) is 24.3 Å². The summed E-state index contributed by atoms with van der Waals surface area (Å²) < 4.78 is 0. The number of hydrogen-bond donors (Lipinski definition) is 5. The number of rotatable bonds is 12. The first kappa shape index (κ1) is 29.2. The highest BCUT2D eigenvalue weighted by Crippen LogP contribution is 2.22. The van der Waals surface area contributed by atoms with Crippen LogP contribution < -0.4 is 16.4 Å². The van der Waals surface area contributed by atoms with E-state index in [1.807, 2.05) is 52.0 Å². The lowest BCUT2D eigenvalue weighted by Crippen LogP contribution is -2.58. The van der Waals surface area contributed by atoms with Crippen molar-refractivity contribution in [1.29, 1.82) is 0 Å². The van der Waals surface area contributed by atoms with E-state index in [1.54, 1.807) is 6.20 Å². The van der Waals surface area contributed by atoms with Gasteiger partial charge < -0.3 is 31.4 Å². The summed E-state index contributed by atoms with van der Waals surface area (Å²) in [5, 5.41) is 16.2. The first-order valence-electron chi connectivity index (χ1n) is 13.5. The molecule has 208 valence electrons. The summed E-state index contributed by atoms with van der Waals surface area (Å²) >= 11 is 0. The highest BCUT2D eigenvalue weighted by atomic mass is 16.4. The average molecular weight is 528 g/mol. The molecule has 1 aromatic carbocycles. The Balaban J connectivity index is 1.72. The van der Waals surface area contributed by atoms with Crippen LogP contribution >= 0.6 is 0 Å². The highest BCUT2D eigenvalue weighted by Gasteiger charge is 2.39. The lowest BCUT2D eigenvalue weighted by Gasteiger charge is -2.30. The van der Waals surface area contributed by atoms with Crippen LogP contribution in [-0.4, -0.2) is 69.4 Å². The van der Waals surface area contributed by atoms with E-state index in [-0.39, 0.29) is 24.2 Å². The second-order valence-electron chi connectivity index (χ2n) is 10.8. The quantitative estimate of drug-likeness (QED) is 0.285. The van der Waals surface area contributed by atoms with Crippen LogP contribution in [0.4, 0.5) is 0 Å². The molecule has 3 amide bonds. The number of aliphatic carboxylic acids is 1. The minimum Gasteiger partial charge on any atom is -0.480 e. The zero-order valence-corrected chi connectivity index (χ0v) is 22.7.